The fourth-order valence-corrected chi connectivity index (χ4v) is 2.60. The fourth-order valence-electron chi connectivity index (χ4n) is 1.65. The zero-order chi connectivity index (χ0) is 15.2. The fraction of sp³-hybridized carbons (Fsp3) is 0.308. The van der Waals surface area contributed by atoms with E-state index in [2.05, 4.69) is 5.32 Å². The quantitative estimate of drug-likeness (QED) is 0.837. The number of amides is 2. The van der Waals surface area contributed by atoms with E-state index in [4.69, 9.17) is 16.3 Å². The first-order valence-corrected chi connectivity index (χ1v) is 7.54. The van der Waals surface area contributed by atoms with E-state index in [1.807, 2.05) is 0 Å². The number of rotatable bonds is 5. The van der Waals surface area contributed by atoms with Gasteiger partial charge in [-0.3, -0.25) is 14.4 Å². The van der Waals surface area contributed by atoms with Crippen LogP contribution in [0.15, 0.2) is 24.3 Å². The summed E-state index contributed by atoms with van der Waals surface area (Å²) >= 11 is 6.89. The van der Waals surface area contributed by atoms with Crippen LogP contribution in [0.25, 0.3) is 0 Å². The molecule has 6 nitrogen and oxygen atoms in total. The smallest absolute Gasteiger partial charge is 0.326 e. The van der Waals surface area contributed by atoms with Gasteiger partial charge in [-0.15, -0.1) is 0 Å². The highest BCUT2D eigenvalue weighted by Gasteiger charge is 2.24. The number of nitrogens with zero attached hydrogens (tertiary/aromatic N) is 1. The molecule has 1 fully saturated rings. The summed E-state index contributed by atoms with van der Waals surface area (Å²) in [6, 6.07) is 6.56. The van der Waals surface area contributed by atoms with Gasteiger partial charge in [0.15, 0.2) is 6.61 Å². The summed E-state index contributed by atoms with van der Waals surface area (Å²) in [6.45, 7) is 0.00621. The lowest BCUT2D eigenvalue weighted by molar-refractivity contribution is -0.147. The van der Waals surface area contributed by atoms with Crippen LogP contribution in [0, 0.1) is 0 Å². The van der Waals surface area contributed by atoms with E-state index < -0.39 is 18.5 Å². The van der Waals surface area contributed by atoms with Crippen molar-refractivity contribution in [2.45, 2.75) is 0 Å². The summed E-state index contributed by atoms with van der Waals surface area (Å²) in [7, 11) is 0. The van der Waals surface area contributed by atoms with Gasteiger partial charge in [-0.05, 0) is 24.3 Å². The van der Waals surface area contributed by atoms with Crippen molar-refractivity contribution in [2.24, 2.45) is 0 Å². The van der Waals surface area contributed by atoms with Gasteiger partial charge in [0.05, 0.1) is 0 Å². The Hall–Kier alpha value is -1.73. The molecule has 112 valence electrons. The van der Waals surface area contributed by atoms with Gasteiger partial charge in [-0.25, -0.2) is 0 Å². The lowest BCUT2D eigenvalue weighted by Crippen LogP contribution is -2.32. The van der Waals surface area contributed by atoms with Crippen molar-refractivity contribution in [3.05, 3.63) is 29.3 Å². The monoisotopic (exact) mass is 328 g/mol. The summed E-state index contributed by atoms with van der Waals surface area (Å²) in [5, 5.41) is 2.99. The molecule has 1 aromatic rings. The number of anilines is 1. The number of ether oxygens (including phenoxy) is 1. The van der Waals surface area contributed by atoms with Crippen LogP contribution in [0.2, 0.25) is 5.02 Å². The summed E-state index contributed by atoms with van der Waals surface area (Å²) in [6.07, 6.45) is 0. The Kier molecular flexibility index (Phi) is 5.46. The number of nitrogens with one attached hydrogen (secondary N) is 1. The zero-order valence-corrected chi connectivity index (χ0v) is 12.6. The number of halogens is 1. The lowest BCUT2D eigenvalue weighted by atomic mass is 10.3. The van der Waals surface area contributed by atoms with Crippen molar-refractivity contribution in [1.82, 2.24) is 4.90 Å². The molecular weight excluding hydrogens is 316 g/mol. The molecular formula is C13H13ClN2O4S. The first-order chi connectivity index (χ1) is 10.0. The Morgan fingerprint density at radius 3 is 2.67 bits per heavy atom. The molecule has 1 aliphatic heterocycles. The summed E-state index contributed by atoms with van der Waals surface area (Å²) in [5.41, 5.74) is 0.562. The van der Waals surface area contributed by atoms with Crippen molar-refractivity contribution in [3.8, 4) is 0 Å². The predicted molar refractivity (Wildman–Crippen MR) is 80.5 cm³/mol. The van der Waals surface area contributed by atoms with Crippen LogP contribution >= 0.6 is 23.4 Å². The van der Waals surface area contributed by atoms with Crippen LogP contribution in [0.4, 0.5) is 10.5 Å². The van der Waals surface area contributed by atoms with Gasteiger partial charge in [0.25, 0.3) is 11.1 Å². The van der Waals surface area contributed by atoms with E-state index >= 15 is 0 Å². The predicted octanol–water partition coefficient (Wildman–Crippen LogP) is 1.99. The molecule has 1 aliphatic rings. The molecule has 0 atom stereocenters. The van der Waals surface area contributed by atoms with Gasteiger partial charge in [0.2, 0.25) is 0 Å². The van der Waals surface area contributed by atoms with E-state index in [1.54, 1.807) is 24.3 Å². The number of esters is 1. The number of hydrogen-bond donors (Lipinski definition) is 1. The van der Waals surface area contributed by atoms with Crippen LogP contribution in [0.3, 0.4) is 0 Å². The van der Waals surface area contributed by atoms with Gasteiger partial charge >= 0.3 is 5.97 Å². The first kappa shape index (κ1) is 15.7. The van der Waals surface area contributed by atoms with Crippen LogP contribution in [-0.2, 0) is 14.3 Å². The van der Waals surface area contributed by atoms with Gasteiger partial charge in [0, 0.05) is 23.0 Å². The molecule has 21 heavy (non-hydrogen) atoms. The minimum Gasteiger partial charge on any atom is -0.454 e. The van der Waals surface area contributed by atoms with E-state index in [-0.39, 0.29) is 11.8 Å². The highest BCUT2D eigenvalue weighted by molar-refractivity contribution is 8.13. The topological polar surface area (TPSA) is 75.7 Å². The second kappa shape index (κ2) is 7.33. The maximum Gasteiger partial charge on any atom is 0.326 e. The average molecular weight is 329 g/mol. The molecule has 1 aromatic carbocycles. The number of benzene rings is 1. The van der Waals surface area contributed by atoms with Crippen molar-refractivity contribution >= 4 is 46.2 Å². The van der Waals surface area contributed by atoms with Crippen molar-refractivity contribution in [3.63, 3.8) is 0 Å². The maximum atomic E-state index is 11.6. The number of carbonyl (C=O) groups is 3. The lowest BCUT2D eigenvalue weighted by Gasteiger charge is -2.13. The number of thioether (sulfide) groups is 1. The van der Waals surface area contributed by atoms with E-state index in [1.165, 1.54) is 4.90 Å². The van der Waals surface area contributed by atoms with Gasteiger partial charge in [-0.1, -0.05) is 23.4 Å². The normalized spacial score (nSPS) is 14.1. The minimum absolute atomic E-state index is 0.125. The van der Waals surface area contributed by atoms with Crippen molar-refractivity contribution < 1.29 is 19.1 Å². The van der Waals surface area contributed by atoms with Crippen LogP contribution < -0.4 is 5.32 Å². The van der Waals surface area contributed by atoms with Crippen LogP contribution in [-0.4, -0.2) is 47.5 Å². The second-order valence-corrected chi connectivity index (χ2v) is 5.73. The van der Waals surface area contributed by atoms with E-state index in [0.717, 1.165) is 11.8 Å². The van der Waals surface area contributed by atoms with E-state index in [9.17, 15) is 14.4 Å². The van der Waals surface area contributed by atoms with Crippen molar-refractivity contribution in [2.75, 3.05) is 30.8 Å². The largest absolute Gasteiger partial charge is 0.454 e. The molecule has 2 rings (SSSR count). The van der Waals surface area contributed by atoms with Crippen LogP contribution in [0.5, 0.6) is 0 Å². The second-order valence-electron chi connectivity index (χ2n) is 4.25. The average Bonchev–Trinajstić information content (AvgIpc) is 2.85. The Bertz CT molecular complexity index is 550. The molecule has 1 saturated heterocycles. The molecule has 0 bridgehead atoms. The maximum absolute atomic E-state index is 11.6. The molecule has 0 aliphatic carbocycles. The molecule has 0 radical (unpaired) electrons. The van der Waals surface area contributed by atoms with Crippen LogP contribution in [0.1, 0.15) is 0 Å². The third-order valence-electron chi connectivity index (χ3n) is 2.66. The molecule has 2 amide bonds. The molecule has 1 heterocycles. The van der Waals surface area contributed by atoms with Gasteiger partial charge in [-0.2, -0.15) is 0 Å². The Morgan fingerprint density at radius 1 is 1.33 bits per heavy atom. The zero-order valence-electron chi connectivity index (χ0n) is 11.0. The van der Waals surface area contributed by atoms with Gasteiger partial charge < -0.3 is 15.0 Å². The third-order valence-corrected chi connectivity index (χ3v) is 3.80. The summed E-state index contributed by atoms with van der Waals surface area (Å²) in [4.78, 5) is 35.8. The SMILES string of the molecule is O=C(COC(=O)CN1CCSC1=O)Nc1ccc(Cl)cc1. The third kappa shape index (κ3) is 4.95. The Labute approximate surface area is 130 Å². The highest BCUT2D eigenvalue weighted by atomic mass is 35.5. The summed E-state index contributed by atoms with van der Waals surface area (Å²) in [5.74, 6) is -0.381. The number of hydrogen-bond acceptors (Lipinski definition) is 5. The Morgan fingerprint density at radius 2 is 2.05 bits per heavy atom. The molecule has 1 N–H and O–H groups in total. The van der Waals surface area contributed by atoms with E-state index in [0.29, 0.717) is 23.0 Å². The molecule has 0 saturated carbocycles. The van der Waals surface area contributed by atoms with Crippen molar-refractivity contribution in [1.29, 1.82) is 0 Å². The van der Waals surface area contributed by atoms with Gasteiger partial charge in [0.1, 0.15) is 6.54 Å². The number of carbonyl (C=O) groups excluding carboxylic acids is 3. The molecule has 0 unspecified atom stereocenters. The molecule has 0 spiro atoms. The Balaban J connectivity index is 1.72. The highest BCUT2D eigenvalue weighted by Crippen LogP contribution is 2.16. The standard InChI is InChI=1S/C13H13ClN2O4S/c14-9-1-3-10(4-2-9)15-11(17)8-20-12(18)7-16-5-6-21-13(16)19/h1-4H,5-8H2,(H,15,17). The molecule has 8 heteroatoms. The molecule has 0 aromatic heterocycles. The first-order valence-electron chi connectivity index (χ1n) is 6.17. The summed E-state index contributed by atoms with van der Waals surface area (Å²) < 4.78 is 4.83. The minimum atomic E-state index is -0.600.